The van der Waals surface area contributed by atoms with Crippen molar-refractivity contribution >= 4 is 5.97 Å². The van der Waals surface area contributed by atoms with Gasteiger partial charge >= 0.3 is 5.97 Å². The monoisotopic (exact) mass is 153 g/mol. The number of carboxylic acid groups (broad SMARTS) is 1. The second kappa shape index (κ2) is 3.40. The second-order valence-corrected chi connectivity index (χ2v) is 2.56. The molecule has 3 nitrogen and oxygen atoms in total. The van der Waals surface area contributed by atoms with Gasteiger partial charge in [-0.25, -0.2) is 0 Å². The van der Waals surface area contributed by atoms with E-state index in [1.165, 1.54) is 0 Å². The van der Waals surface area contributed by atoms with Crippen LogP contribution in [-0.2, 0) is 4.79 Å². The molecule has 0 spiro atoms. The molecule has 0 aromatic rings. The molecule has 0 aromatic carbocycles. The van der Waals surface area contributed by atoms with Gasteiger partial charge in [0.2, 0.25) is 0 Å². The van der Waals surface area contributed by atoms with Gasteiger partial charge in [0.25, 0.3) is 0 Å². The van der Waals surface area contributed by atoms with Crippen LogP contribution < -0.4 is 5.32 Å². The van der Waals surface area contributed by atoms with Gasteiger partial charge < -0.3 is 10.4 Å². The van der Waals surface area contributed by atoms with E-state index in [0.717, 1.165) is 13.0 Å². The number of carboxylic acids is 1. The molecule has 1 heterocycles. The highest BCUT2D eigenvalue weighted by atomic mass is 16.4. The summed E-state index contributed by atoms with van der Waals surface area (Å²) >= 11 is 0. The SMILES string of the molecule is CC#CC1CCN[C@@H]1C(=O)O. The van der Waals surface area contributed by atoms with Gasteiger partial charge in [0.05, 0.1) is 0 Å². The van der Waals surface area contributed by atoms with Crippen LogP contribution in [0.4, 0.5) is 0 Å². The molecule has 0 amide bonds. The molecule has 0 aromatic heterocycles. The first-order chi connectivity index (χ1) is 5.25. The molecule has 1 unspecified atom stereocenters. The van der Waals surface area contributed by atoms with Gasteiger partial charge in [0, 0.05) is 5.92 Å². The lowest BCUT2D eigenvalue weighted by atomic mass is 10.0. The molecule has 1 fully saturated rings. The topological polar surface area (TPSA) is 49.3 Å². The lowest BCUT2D eigenvalue weighted by Gasteiger charge is -2.07. The minimum atomic E-state index is -0.796. The van der Waals surface area contributed by atoms with E-state index in [4.69, 9.17) is 5.11 Å². The molecule has 2 atom stereocenters. The van der Waals surface area contributed by atoms with Crippen LogP contribution in [0.2, 0.25) is 0 Å². The standard InChI is InChI=1S/C8H11NO2/c1-2-3-6-4-5-9-7(6)8(10)11/h6-7,9H,4-5H2,1H3,(H,10,11)/t6?,7-/m0/s1. The fourth-order valence-corrected chi connectivity index (χ4v) is 1.30. The predicted octanol–water partition coefficient (Wildman–Crippen LogP) is 0.0724. The summed E-state index contributed by atoms with van der Waals surface area (Å²) in [6, 6.07) is -0.456. The fraction of sp³-hybridized carbons (Fsp3) is 0.625. The predicted molar refractivity (Wildman–Crippen MR) is 41.0 cm³/mol. The molecule has 1 aliphatic heterocycles. The summed E-state index contributed by atoms with van der Waals surface area (Å²) in [5, 5.41) is 11.6. The zero-order chi connectivity index (χ0) is 8.27. The molecule has 0 radical (unpaired) electrons. The zero-order valence-electron chi connectivity index (χ0n) is 6.42. The van der Waals surface area contributed by atoms with E-state index >= 15 is 0 Å². The molecule has 1 saturated heterocycles. The van der Waals surface area contributed by atoms with Crippen LogP contribution in [0.25, 0.3) is 0 Å². The largest absolute Gasteiger partial charge is 0.480 e. The molecule has 1 rings (SSSR count). The van der Waals surface area contributed by atoms with Crippen molar-refractivity contribution in [3.8, 4) is 11.8 Å². The van der Waals surface area contributed by atoms with E-state index in [1.807, 2.05) is 0 Å². The summed E-state index contributed by atoms with van der Waals surface area (Å²) in [5.74, 6) is 4.83. The van der Waals surface area contributed by atoms with Crippen LogP contribution in [0.1, 0.15) is 13.3 Å². The third-order valence-corrected chi connectivity index (χ3v) is 1.82. The van der Waals surface area contributed by atoms with E-state index in [2.05, 4.69) is 17.2 Å². The van der Waals surface area contributed by atoms with Gasteiger partial charge in [-0.3, -0.25) is 4.79 Å². The average Bonchev–Trinajstić information content (AvgIpc) is 2.36. The molecule has 11 heavy (non-hydrogen) atoms. The number of carbonyl (C=O) groups is 1. The van der Waals surface area contributed by atoms with Crippen LogP contribution in [0.3, 0.4) is 0 Å². The number of hydrogen-bond donors (Lipinski definition) is 2. The molecule has 2 N–H and O–H groups in total. The van der Waals surface area contributed by atoms with Crippen molar-refractivity contribution in [3.05, 3.63) is 0 Å². The summed E-state index contributed by atoms with van der Waals surface area (Å²) in [4.78, 5) is 10.6. The maximum absolute atomic E-state index is 10.6. The Labute approximate surface area is 65.8 Å². The first-order valence-corrected chi connectivity index (χ1v) is 3.64. The van der Waals surface area contributed by atoms with Gasteiger partial charge in [0.15, 0.2) is 0 Å². The van der Waals surface area contributed by atoms with Crippen LogP contribution in [-0.4, -0.2) is 23.7 Å². The maximum Gasteiger partial charge on any atom is 0.321 e. The highest BCUT2D eigenvalue weighted by Crippen LogP contribution is 2.14. The Bertz CT molecular complexity index is 214. The van der Waals surface area contributed by atoms with Crippen molar-refractivity contribution in [1.82, 2.24) is 5.32 Å². The van der Waals surface area contributed by atoms with E-state index in [1.54, 1.807) is 6.92 Å². The summed E-state index contributed by atoms with van der Waals surface area (Å²) < 4.78 is 0. The quantitative estimate of drug-likeness (QED) is 0.524. The first-order valence-electron chi connectivity index (χ1n) is 3.64. The van der Waals surface area contributed by atoms with E-state index < -0.39 is 12.0 Å². The molecule has 0 bridgehead atoms. The second-order valence-electron chi connectivity index (χ2n) is 2.56. The number of aliphatic carboxylic acids is 1. The number of rotatable bonds is 1. The lowest BCUT2D eigenvalue weighted by Crippen LogP contribution is -2.34. The smallest absolute Gasteiger partial charge is 0.321 e. The van der Waals surface area contributed by atoms with Crippen molar-refractivity contribution in [2.24, 2.45) is 5.92 Å². The van der Waals surface area contributed by atoms with Crippen LogP contribution in [0, 0.1) is 17.8 Å². The van der Waals surface area contributed by atoms with Crippen LogP contribution in [0.15, 0.2) is 0 Å². The van der Waals surface area contributed by atoms with Gasteiger partial charge in [-0.2, -0.15) is 0 Å². The third-order valence-electron chi connectivity index (χ3n) is 1.82. The number of hydrogen-bond acceptors (Lipinski definition) is 2. The first kappa shape index (κ1) is 8.09. The normalized spacial score (nSPS) is 29.2. The van der Waals surface area contributed by atoms with Gasteiger partial charge in [-0.1, -0.05) is 5.92 Å². The Morgan fingerprint density at radius 2 is 2.45 bits per heavy atom. The van der Waals surface area contributed by atoms with E-state index in [9.17, 15) is 4.79 Å². The average molecular weight is 153 g/mol. The zero-order valence-corrected chi connectivity index (χ0v) is 6.42. The molecule has 0 aliphatic carbocycles. The van der Waals surface area contributed by atoms with Crippen molar-refractivity contribution in [2.45, 2.75) is 19.4 Å². The Kier molecular flexibility index (Phi) is 2.50. The number of nitrogens with one attached hydrogen (secondary N) is 1. The van der Waals surface area contributed by atoms with Crippen molar-refractivity contribution in [2.75, 3.05) is 6.54 Å². The van der Waals surface area contributed by atoms with E-state index in [-0.39, 0.29) is 5.92 Å². The highest BCUT2D eigenvalue weighted by Gasteiger charge is 2.30. The van der Waals surface area contributed by atoms with Crippen LogP contribution >= 0.6 is 0 Å². The van der Waals surface area contributed by atoms with Crippen molar-refractivity contribution in [3.63, 3.8) is 0 Å². The minimum absolute atomic E-state index is 0.00231. The van der Waals surface area contributed by atoms with Crippen LogP contribution in [0.5, 0.6) is 0 Å². The van der Waals surface area contributed by atoms with E-state index in [0.29, 0.717) is 0 Å². The Morgan fingerprint density at radius 3 is 3.00 bits per heavy atom. The fourth-order valence-electron chi connectivity index (χ4n) is 1.30. The van der Waals surface area contributed by atoms with Crippen molar-refractivity contribution < 1.29 is 9.90 Å². The molecular weight excluding hydrogens is 142 g/mol. The summed E-state index contributed by atoms with van der Waals surface area (Å²) in [6.07, 6.45) is 0.845. The summed E-state index contributed by atoms with van der Waals surface area (Å²) in [5.41, 5.74) is 0. The minimum Gasteiger partial charge on any atom is -0.480 e. The lowest BCUT2D eigenvalue weighted by molar-refractivity contribution is -0.139. The highest BCUT2D eigenvalue weighted by molar-refractivity contribution is 5.75. The third kappa shape index (κ3) is 1.72. The molecule has 3 heteroatoms. The Hall–Kier alpha value is -1.01. The van der Waals surface area contributed by atoms with Crippen molar-refractivity contribution in [1.29, 1.82) is 0 Å². The summed E-state index contributed by atoms with van der Waals surface area (Å²) in [7, 11) is 0. The molecule has 60 valence electrons. The maximum atomic E-state index is 10.6. The van der Waals surface area contributed by atoms with Gasteiger partial charge in [0.1, 0.15) is 6.04 Å². The Morgan fingerprint density at radius 1 is 1.73 bits per heavy atom. The Balaban J connectivity index is 2.62. The molecule has 0 saturated carbocycles. The molecule has 1 aliphatic rings. The van der Waals surface area contributed by atoms with Gasteiger partial charge in [-0.05, 0) is 19.9 Å². The summed E-state index contributed by atoms with van der Waals surface area (Å²) in [6.45, 7) is 2.49. The molecular formula is C8H11NO2. The van der Waals surface area contributed by atoms with Gasteiger partial charge in [-0.15, -0.1) is 5.92 Å².